The highest BCUT2D eigenvalue weighted by Gasteiger charge is 2.16. The van der Waals surface area contributed by atoms with Gasteiger partial charge in [0.15, 0.2) is 0 Å². The number of hydrogen-bond donors (Lipinski definition) is 2. The van der Waals surface area contributed by atoms with E-state index < -0.39 is 0 Å². The van der Waals surface area contributed by atoms with Crippen LogP contribution in [0, 0.1) is 0 Å². The number of hydrogen-bond acceptors (Lipinski definition) is 3. The summed E-state index contributed by atoms with van der Waals surface area (Å²) in [7, 11) is 0. The molecule has 0 saturated carbocycles. The number of ether oxygens (including phenoxy) is 1. The number of rotatable bonds is 6. The normalized spacial score (nSPS) is 17.4. The van der Waals surface area contributed by atoms with Gasteiger partial charge >= 0.3 is 0 Å². The van der Waals surface area contributed by atoms with Crippen LogP contribution < -0.4 is 10.6 Å². The summed E-state index contributed by atoms with van der Waals surface area (Å²) >= 11 is 0. The van der Waals surface area contributed by atoms with Crippen molar-refractivity contribution < 1.29 is 9.53 Å². The lowest BCUT2D eigenvalue weighted by Gasteiger charge is -2.23. The molecule has 4 heteroatoms. The molecule has 1 aliphatic heterocycles. The highest BCUT2D eigenvalue weighted by Crippen LogP contribution is 2.20. The van der Waals surface area contributed by atoms with E-state index >= 15 is 0 Å². The highest BCUT2D eigenvalue weighted by molar-refractivity contribution is 5.76. The van der Waals surface area contributed by atoms with E-state index in [0.717, 1.165) is 19.6 Å². The molecule has 2 aromatic carbocycles. The second kappa shape index (κ2) is 8.62. The van der Waals surface area contributed by atoms with Gasteiger partial charge in [-0.1, -0.05) is 54.6 Å². The molecule has 1 atom stereocenters. The van der Waals surface area contributed by atoms with Crippen LogP contribution in [0.1, 0.15) is 12.0 Å². The molecule has 1 unspecified atom stereocenters. The van der Waals surface area contributed by atoms with Crippen molar-refractivity contribution in [2.24, 2.45) is 0 Å². The minimum absolute atomic E-state index is 0.0808. The zero-order chi connectivity index (χ0) is 16.6. The van der Waals surface area contributed by atoms with E-state index in [9.17, 15) is 4.79 Å². The van der Waals surface area contributed by atoms with Gasteiger partial charge in [-0.3, -0.25) is 4.79 Å². The van der Waals surface area contributed by atoms with Crippen molar-refractivity contribution in [3.8, 4) is 11.1 Å². The molecular weight excluding hydrogens is 300 g/mol. The molecule has 0 spiro atoms. The topological polar surface area (TPSA) is 50.4 Å². The van der Waals surface area contributed by atoms with Crippen molar-refractivity contribution in [2.45, 2.75) is 18.9 Å². The second-order valence-electron chi connectivity index (χ2n) is 6.10. The zero-order valence-electron chi connectivity index (χ0n) is 13.8. The third-order valence-corrected chi connectivity index (χ3v) is 4.20. The summed E-state index contributed by atoms with van der Waals surface area (Å²) in [5.41, 5.74) is 3.66. The molecule has 4 nitrogen and oxygen atoms in total. The molecule has 1 aliphatic rings. The lowest BCUT2D eigenvalue weighted by Crippen LogP contribution is -2.44. The van der Waals surface area contributed by atoms with Crippen LogP contribution >= 0.6 is 0 Å². The number of amides is 1. The van der Waals surface area contributed by atoms with Gasteiger partial charge in [0.1, 0.15) is 0 Å². The maximum absolute atomic E-state index is 12.0. The van der Waals surface area contributed by atoms with Gasteiger partial charge < -0.3 is 15.4 Å². The summed E-state index contributed by atoms with van der Waals surface area (Å²) in [4.78, 5) is 12.0. The first-order chi connectivity index (χ1) is 11.8. The average Bonchev–Trinajstić information content (AvgIpc) is 2.63. The van der Waals surface area contributed by atoms with Gasteiger partial charge in [0.25, 0.3) is 0 Å². The molecule has 3 rings (SSSR count). The molecule has 0 radical (unpaired) electrons. The molecule has 0 aromatic heterocycles. The minimum Gasteiger partial charge on any atom is -0.378 e. The number of carbonyl (C=O) groups excluding carboxylic acids is 1. The van der Waals surface area contributed by atoms with Crippen LogP contribution in [0.15, 0.2) is 54.6 Å². The first-order valence-electron chi connectivity index (χ1n) is 8.53. The molecule has 0 bridgehead atoms. The lowest BCUT2D eigenvalue weighted by atomic mass is 10.0. The average molecular weight is 324 g/mol. The molecule has 126 valence electrons. The van der Waals surface area contributed by atoms with Crippen LogP contribution in [0.4, 0.5) is 0 Å². The fourth-order valence-electron chi connectivity index (χ4n) is 2.93. The monoisotopic (exact) mass is 324 g/mol. The van der Waals surface area contributed by atoms with Crippen LogP contribution in [0.3, 0.4) is 0 Å². The molecule has 1 amide bonds. The van der Waals surface area contributed by atoms with E-state index in [2.05, 4.69) is 47.0 Å². The van der Waals surface area contributed by atoms with Gasteiger partial charge in [0, 0.05) is 25.6 Å². The summed E-state index contributed by atoms with van der Waals surface area (Å²) < 4.78 is 5.37. The number of morpholine rings is 1. The molecule has 1 fully saturated rings. The molecule has 2 N–H and O–H groups in total. The molecule has 24 heavy (non-hydrogen) atoms. The van der Waals surface area contributed by atoms with E-state index in [0.29, 0.717) is 19.6 Å². The van der Waals surface area contributed by atoms with Gasteiger partial charge in [-0.25, -0.2) is 0 Å². The SMILES string of the molecule is O=C(CC1COCCN1)NCCc1cccc(-c2ccccc2)c1. The third-order valence-electron chi connectivity index (χ3n) is 4.20. The van der Waals surface area contributed by atoms with Crippen LogP contribution in [-0.4, -0.2) is 38.3 Å². The molecule has 2 aromatic rings. The van der Waals surface area contributed by atoms with Gasteiger partial charge in [-0.15, -0.1) is 0 Å². The quantitative estimate of drug-likeness (QED) is 0.858. The molecular formula is C20H24N2O2. The van der Waals surface area contributed by atoms with Crippen LogP contribution in [0.25, 0.3) is 11.1 Å². The fraction of sp³-hybridized carbons (Fsp3) is 0.350. The smallest absolute Gasteiger partial charge is 0.221 e. The van der Waals surface area contributed by atoms with Crippen LogP contribution in [-0.2, 0) is 16.0 Å². The Kier molecular flexibility index (Phi) is 5.99. The first kappa shape index (κ1) is 16.7. The molecule has 1 heterocycles. The molecule has 1 saturated heterocycles. The standard InChI is InChI=1S/C20H24N2O2/c23-20(14-19-15-24-12-11-21-19)22-10-9-16-5-4-8-18(13-16)17-6-2-1-3-7-17/h1-8,13,19,21H,9-12,14-15H2,(H,22,23). The largest absolute Gasteiger partial charge is 0.378 e. The van der Waals surface area contributed by atoms with E-state index in [1.54, 1.807) is 0 Å². The Morgan fingerprint density at radius 2 is 1.96 bits per heavy atom. The van der Waals surface area contributed by atoms with E-state index in [4.69, 9.17) is 4.74 Å². The van der Waals surface area contributed by atoms with Gasteiger partial charge in [-0.05, 0) is 23.1 Å². The zero-order valence-corrected chi connectivity index (χ0v) is 13.8. The Morgan fingerprint density at radius 3 is 2.75 bits per heavy atom. The maximum atomic E-state index is 12.0. The summed E-state index contributed by atoms with van der Waals surface area (Å²) in [6.45, 7) is 2.83. The van der Waals surface area contributed by atoms with Crippen molar-refractivity contribution in [1.29, 1.82) is 0 Å². The Balaban J connectivity index is 1.47. The van der Waals surface area contributed by atoms with E-state index in [1.807, 2.05) is 18.2 Å². The highest BCUT2D eigenvalue weighted by atomic mass is 16.5. The third kappa shape index (κ3) is 4.91. The Bertz CT molecular complexity index is 652. The van der Waals surface area contributed by atoms with Crippen molar-refractivity contribution >= 4 is 5.91 Å². The lowest BCUT2D eigenvalue weighted by molar-refractivity contribution is -0.122. The van der Waals surface area contributed by atoms with E-state index in [1.165, 1.54) is 16.7 Å². The van der Waals surface area contributed by atoms with Crippen molar-refractivity contribution in [3.63, 3.8) is 0 Å². The summed E-state index contributed by atoms with van der Waals surface area (Å²) in [6.07, 6.45) is 1.31. The van der Waals surface area contributed by atoms with Crippen LogP contribution in [0.5, 0.6) is 0 Å². The second-order valence-corrected chi connectivity index (χ2v) is 6.10. The Hall–Kier alpha value is -2.17. The summed E-state index contributed by atoms with van der Waals surface area (Å²) in [5.74, 6) is 0.0808. The predicted molar refractivity (Wildman–Crippen MR) is 95.8 cm³/mol. The first-order valence-corrected chi connectivity index (χ1v) is 8.53. The fourth-order valence-corrected chi connectivity index (χ4v) is 2.93. The number of benzene rings is 2. The van der Waals surface area contributed by atoms with Crippen molar-refractivity contribution in [2.75, 3.05) is 26.3 Å². The Morgan fingerprint density at radius 1 is 1.12 bits per heavy atom. The van der Waals surface area contributed by atoms with Gasteiger partial charge in [0.05, 0.1) is 13.2 Å². The maximum Gasteiger partial charge on any atom is 0.221 e. The van der Waals surface area contributed by atoms with Crippen LogP contribution in [0.2, 0.25) is 0 Å². The van der Waals surface area contributed by atoms with Crippen molar-refractivity contribution in [1.82, 2.24) is 10.6 Å². The van der Waals surface area contributed by atoms with Gasteiger partial charge in [-0.2, -0.15) is 0 Å². The minimum atomic E-state index is 0.0808. The van der Waals surface area contributed by atoms with Gasteiger partial charge in [0.2, 0.25) is 5.91 Å². The predicted octanol–water partition coefficient (Wildman–Crippen LogP) is 2.39. The summed E-state index contributed by atoms with van der Waals surface area (Å²) in [6, 6.07) is 19.0. The summed E-state index contributed by atoms with van der Waals surface area (Å²) in [5, 5.41) is 6.30. The molecule has 0 aliphatic carbocycles. The van der Waals surface area contributed by atoms with Crippen molar-refractivity contribution in [3.05, 3.63) is 60.2 Å². The Labute approximate surface area is 143 Å². The number of nitrogens with one attached hydrogen (secondary N) is 2. The van der Waals surface area contributed by atoms with E-state index in [-0.39, 0.29) is 11.9 Å². The number of carbonyl (C=O) groups is 1.